The van der Waals surface area contributed by atoms with Crippen LogP contribution >= 0.6 is 22.9 Å². The molecule has 1 amide bonds. The van der Waals surface area contributed by atoms with Gasteiger partial charge in [0.05, 0.1) is 11.6 Å². The van der Waals surface area contributed by atoms with E-state index in [1.165, 1.54) is 11.3 Å². The topological polar surface area (TPSA) is 60.9 Å². The summed E-state index contributed by atoms with van der Waals surface area (Å²) in [5, 5.41) is 13.3. The molecule has 1 N–H and O–H groups in total. The van der Waals surface area contributed by atoms with Gasteiger partial charge in [-0.05, 0) is 62.3 Å². The van der Waals surface area contributed by atoms with Crippen LogP contribution in [0.25, 0.3) is 5.76 Å². The van der Waals surface area contributed by atoms with Crippen molar-refractivity contribution in [2.75, 3.05) is 27.2 Å². The number of aliphatic hydroxyl groups is 1. The van der Waals surface area contributed by atoms with E-state index in [2.05, 4.69) is 0 Å². The van der Waals surface area contributed by atoms with Crippen LogP contribution in [0.15, 0.2) is 41.3 Å². The number of likely N-dealkylation sites (N-methyl/N-ethyl adjacent to an activating group) is 1. The summed E-state index contributed by atoms with van der Waals surface area (Å²) in [7, 11) is 3.82. The van der Waals surface area contributed by atoms with E-state index in [0.717, 1.165) is 10.4 Å². The Hall–Kier alpha value is -2.15. The average molecular weight is 405 g/mol. The van der Waals surface area contributed by atoms with Crippen molar-refractivity contribution in [2.45, 2.75) is 13.0 Å². The molecule has 5 nitrogen and oxygen atoms in total. The van der Waals surface area contributed by atoms with Crippen molar-refractivity contribution < 1.29 is 14.7 Å². The van der Waals surface area contributed by atoms with Crippen molar-refractivity contribution in [3.63, 3.8) is 0 Å². The van der Waals surface area contributed by atoms with E-state index in [9.17, 15) is 14.7 Å². The first-order valence-electron chi connectivity index (χ1n) is 8.54. The number of rotatable bonds is 5. The molecule has 1 atom stereocenters. The highest BCUT2D eigenvalue weighted by molar-refractivity contribution is 7.10. The smallest absolute Gasteiger partial charge is 0.295 e. The van der Waals surface area contributed by atoms with Gasteiger partial charge in [-0.1, -0.05) is 11.6 Å². The number of ketones is 1. The van der Waals surface area contributed by atoms with Crippen LogP contribution in [0, 0.1) is 6.92 Å². The van der Waals surface area contributed by atoms with Crippen LogP contribution in [0.5, 0.6) is 0 Å². The van der Waals surface area contributed by atoms with Crippen molar-refractivity contribution in [3.05, 3.63) is 62.3 Å². The lowest BCUT2D eigenvalue weighted by molar-refractivity contribution is -0.140. The molecule has 0 spiro atoms. The summed E-state index contributed by atoms with van der Waals surface area (Å²) in [5.41, 5.74) is 1.58. The number of carbonyl (C=O) groups excluding carboxylic acids is 2. The quantitative estimate of drug-likeness (QED) is 0.469. The van der Waals surface area contributed by atoms with Crippen LogP contribution in [-0.2, 0) is 9.59 Å². The van der Waals surface area contributed by atoms with Crippen molar-refractivity contribution in [1.82, 2.24) is 9.80 Å². The molecule has 0 saturated carbocycles. The van der Waals surface area contributed by atoms with E-state index in [0.29, 0.717) is 23.7 Å². The Bertz CT molecular complexity index is 902. The Morgan fingerprint density at radius 3 is 2.44 bits per heavy atom. The van der Waals surface area contributed by atoms with Crippen LogP contribution in [0.4, 0.5) is 0 Å². The summed E-state index contributed by atoms with van der Waals surface area (Å²) < 4.78 is 0. The van der Waals surface area contributed by atoms with Crippen molar-refractivity contribution in [2.24, 2.45) is 0 Å². The number of nitrogens with zero attached hydrogens (tertiary/aromatic N) is 2. The number of halogens is 1. The number of thiophene rings is 1. The summed E-state index contributed by atoms with van der Waals surface area (Å²) in [4.78, 5) is 30.0. The SMILES string of the molecule is Cc1ccsc1C1/C(=C(/O)c2ccc(Cl)cc2)C(=O)C(=O)N1CCN(C)C. The number of benzene rings is 1. The molecule has 2 heterocycles. The molecule has 1 aromatic carbocycles. The minimum absolute atomic E-state index is 0.131. The third-order valence-electron chi connectivity index (χ3n) is 4.60. The first kappa shape index (κ1) is 19.6. The van der Waals surface area contributed by atoms with Gasteiger partial charge in [0.15, 0.2) is 0 Å². The van der Waals surface area contributed by atoms with Crippen LogP contribution in [0.1, 0.15) is 22.0 Å². The van der Waals surface area contributed by atoms with Crippen molar-refractivity contribution >= 4 is 40.4 Å². The molecule has 1 saturated heterocycles. The van der Waals surface area contributed by atoms with Crippen LogP contribution in [0.2, 0.25) is 5.02 Å². The molecule has 7 heteroatoms. The second-order valence-corrected chi connectivity index (χ2v) is 8.15. The molecular weight excluding hydrogens is 384 g/mol. The van der Waals surface area contributed by atoms with Gasteiger partial charge in [-0.25, -0.2) is 0 Å². The van der Waals surface area contributed by atoms with E-state index in [4.69, 9.17) is 11.6 Å². The summed E-state index contributed by atoms with van der Waals surface area (Å²) in [6.07, 6.45) is 0. The Morgan fingerprint density at radius 2 is 1.89 bits per heavy atom. The first-order chi connectivity index (χ1) is 12.8. The first-order valence-corrected chi connectivity index (χ1v) is 9.80. The summed E-state index contributed by atoms with van der Waals surface area (Å²) >= 11 is 7.40. The fraction of sp³-hybridized carbons (Fsp3) is 0.300. The largest absolute Gasteiger partial charge is 0.507 e. The Morgan fingerprint density at radius 1 is 1.22 bits per heavy atom. The normalized spacial score (nSPS) is 19.3. The predicted octanol–water partition coefficient (Wildman–Crippen LogP) is 3.69. The summed E-state index contributed by atoms with van der Waals surface area (Å²) in [6.45, 7) is 2.96. The minimum Gasteiger partial charge on any atom is -0.507 e. The van der Waals surface area contributed by atoms with E-state index in [-0.39, 0.29) is 11.3 Å². The highest BCUT2D eigenvalue weighted by Crippen LogP contribution is 2.42. The molecule has 1 aliphatic rings. The van der Waals surface area contributed by atoms with Gasteiger partial charge in [0.1, 0.15) is 5.76 Å². The monoisotopic (exact) mass is 404 g/mol. The fourth-order valence-corrected chi connectivity index (χ4v) is 4.29. The minimum atomic E-state index is -0.654. The van der Waals surface area contributed by atoms with Gasteiger partial charge < -0.3 is 14.9 Å². The summed E-state index contributed by atoms with van der Waals surface area (Å²) in [5.74, 6) is -1.40. The summed E-state index contributed by atoms with van der Waals surface area (Å²) in [6, 6.07) is 7.94. The maximum absolute atomic E-state index is 12.8. The Kier molecular flexibility index (Phi) is 5.69. The number of carbonyl (C=O) groups is 2. The highest BCUT2D eigenvalue weighted by Gasteiger charge is 2.46. The van der Waals surface area contributed by atoms with Gasteiger partial charge in [0.25, 0.3) is 11.7 Å². The molecule has 1 unspecified atom stereocenters. The molecule has 0 aliphatic carbocycles. The zero-order valence-electron chi connectivity index (χ0n) is 15.4. The van der Waals surface area contributed by atoms with Gasteiger partial charge in [0.2, 0.25) is 0 Å². The van der Waals surface area contributed by atoms with E-state index < -0.39 is 17.7 Å². The van der Waals surface area contributed by atoms with Gasteiger partial charge in [-0.2, -0.15) is 0 Å². The van der Waals surface area contributed by atoms with Crippen LogP contribution in [0.3, 0.4) is 0 Å². The number of amides is 1. The lowest BCUT2D eigenvalue weighted by Crippen LogP contribution is -2.35. The van der Waals surface area contributed by atoms with Gasteiger partial charge >= 0.3 is 0 Å². The molecule has 1 aliphatic heterocycles. The number of hydrogen-bond donors (Lipinski definition) is 1. The Balaban J connectivity index is 2.13. The van der Waals surface area contributed by atoms with Gasteiger partial charge in [-0.15, -0.1) is 11.3 Å². The second-order valence-electron chi connectivity index (χ2n) is 6.77. The molecule has 3 rings (SSSR count). The molecule has 0 bridgehead atoms. The molecule has 1 aromatic heterocycles. The molecule has 2 aromatic rings. The zero-order valence-corrected chi connectivity index (χ0v) is 17.0. The molecule has 142 valence electrons. The third kappa shape index (κ3) is 3.78. The number of aryl methyl sites for hydroxylation is 1. The molecule has 0 radical (unpaired) electrons. The van der Waals surface area contributed by atoms with Crippen LogP contribution in [-0.4, -0.2) is 53.8 Å². The predicted molar refractivity (Wildman–Crippen MR) is 108 cm³/mol. The van der Waals surface area contributed by atoms with Crippen LogP contribution < -0.4 is 0 Å². The highest BCUT2D eigenvalue weighted by atomic mass is 35.5. The van der Waals surface area contributed by atoms with E-state index in [1.807, 2.05) is 37.4 Å². The number of likely N-dealkylation sites (tertiary alicyclic amines) is 1. The fourth-order valence-electron chi connectivity index (χ4n) is 3.12. The zero-order chi connectivity index (χ0) is 19.7. The maximum atomic E-state index is 12.8. The standard InChI is InChI=1S/C20H21ClN2O3S/c1-12-8-11-27-19(12)16-15(17(24)13-4-6-14(21)7-5-13)18(25)20(26)23(16)10-9-22(2)3/h4-8,11,16,24H,9-10H2,1-3H3/b17-15-. The third-order valence-corrected chi connectivity index (χ3v) is 5.92. The molecular formula is C20H21ClN2O3S. The number of hydrogen-bond acceptors (Lipinski definition) is 5. The maximum Gasteiger partial charge on any atom is 0.295 e. The van der Waals surface area contributed by atoms with Crippen molar-refractivity contribution in [1.29, 1.82) is 0 Å². The number of Topliss-reactive ketones (excluding diaryl/α,β-unsaturated/α-hetero) is 1. The molecule has 1 fully saturated rings. The Labute approximate surface area is 167 Å². The van der Waals surface area contributed by atoms with Gasteiger partial charge in [-0.3, -0.25) is 9.59 Å². The average Bonchev–Trinajstić information content (AvgIpc) is 3.15. The van der Waals surface area contributed by atoms with E-state index >= 15 is 0 Å². The van der Waals surface area contributed by atoms with Gasteiger partial charge in [0, 0.05) is 28.6 Å². The van der Waals surface area contributed by atoms with E-state index in [1.54, 1.807) is 29.2 Å². The lowest BCUT2D eigenvalue weighted by atomic mass is 9.98. The second kappa shape index (κ2) is 7.84. The number of aliphatic hydroxyl groups excluding tert-OH is 1. The lowest BCUT2D eigenvalue weighted by Gasteiger charge is -2.26. The molecule has 27 heavy (non-hydrogen) atoms. The van der Waals surface area contributed by atoms with Crippen molar-refractivity contribution in [3.8, 4) is 0 Å².